The predicted octanol–water partition coefficient (Wildman–Crippen LogP) is 2.99. The zero-order valence-electron chi connectivity index (χ0n) is 13.1. The fraction of sp³-hybridized carbons (Fsp3) is 0.0556. The number of fused-ring (bicyclic) bond motifs is 2. The van der Waals surface area contributed by atoms with E-state index >= 15 is 0 Å². The number of hydrogen-bond donors (Lipinski definition) is 2. The first-order chi connectivity index (χ1) is 12.2. The van der Waals surface area contributed by atoms with E-state index < -0.39 is 7.12 Å². The van der Waals surface area contributed by atoms with Gasteiger partial charge in [-0.1, -0.05) is 30.3 Å². The highest BCUT2D eigenvalue weighted by atomic mass is 16.5. The number of hydrogen-bond acceptors (Lipinski definition) is 6. The van der Waals surface area contributed by atoms with E-state index in [0.29, 0.717) is 29.4 Å². The third-order valence-corrected chi connectivity index (χ3v) is 4.21. The molecule has 1 aliphatic heterocycles. The average molecular weight is 332 g/mol. The van der Waals surface area contributed by atoms with Crippen LogP contribution in [-0.4, -0.2) is 23.5 Å². The fourth-order valence-corrected chi connectivity index (χ4v) is 2.90. The third-order valence-electron chi connectivity index (χ3n) is 4.21. The van der Waals surface area contributed by atoms with Crippen LogP contribution in [0.25, 0.3) is 10.8 Å². The summed E-state index contributed by atoms with van der Waals surface area (Å²) in [6.45, 7) is 0.362. The van der Waals surface area contributed by atoms with E-state index in [1.165, 1.54) is 0 Å². The molecule has 1 heterocycles. The molecule has 6 nitrogen and oxygen atoms in total. The molecule has 0 amide bonds. The molecule has 0 saturated heterocycles. The SMILES string of the molecule is O=Cc1cc2ccccc2c(N=Nc2ccc3c(c2)B(O)OC3)c1O. The van der Waals surface area contributed by atoms with E-state index in [1.807, 2.05) is 24.3 Å². The normalized spacial score (nSPS) is 13.6. The van der Waals surface area contributed by atoms with Crippen molar-refractivity contribution in [1.29, 1.82) is 0 Å². The van der Waals surface area contributed by atoms with Crippen LogP contribution in [0.15, 0.2) is 58.8 Å². The van der Waals surface area contributed by atoms with Gasteiger partial charge in [0.1, 0.15) is 5.69 Å². The Morgan fingerprint density at radius 2 is 1.96 bits per heavy atom. The quantitative estimate of drug-likeness (QED) is 0.438. The van der Waals surface area contributed by atoms with Gasteiger partial charge in [0.15, 0.2) is 12.0 Å². The Kier molecular flexibility index (Phi) is 3.80. The van der Waals surface area contributed by atoms with E-state index in [0.717, 1.165) is 10.9 Å². The van der Waals surface area contributed by atoms with Gasteiger partial charge >= 0.3 is 7.12 Å². The van der Waals surface area contributed by atoms with Crippen LogP contribution in [0.2, 0.25) is 0 Å². The van der Waals surface area contributed by atoms with Crippen LogP contribution in [0.3, 0.4) is 0 Å². The summed E-state index contributed by atoms with van der Waals surface area (Å²) in [7, 11) is -0.960. The summed E-state index contributed by atoms with van der Waals surface area (Å²) in [6.07, 6.45) is 0.587. The highest BCUT2D eigenvalue weighted by molar-refractivity contribution is 6.61. The topological polar surface area (TPSA) is 91.5 Å². The number of nitrogens with zero attached hydrogens (tertiary/aromatic N) is 2. The molecule has 3 aromatic rings. The summed E-state index contributed by atoms with van der Waals surface area (Å²) in [5.41, 5.74) is 2.47. The summed E-state index contributed by atoms with van der Waals surface area (Å²) in [5.74, 6) is -0.207. The Hall–Kier alpha value is -3.03. The number of phenols is 1. The molecule has 122 valence electrons. The predicted molar refractivity (Wildman–Crippen MR) is 94.0 cm³/mol. The number of azo groups is 1. The maximum Gasteiger partial charge on any atom is 0.491 e. The van der Waals surface area contributed by atoms with Crippen molar-refractivity contribution in [2.45, 2.75) is 6.61 Å². The largest absolute Gasteiger partial charge is 0.505 e. The number of rotatable bonds is 3. The van der Waals surface area contributed by atoms with E-state index in [2.05, 4.69) is 10.2 Å². The Morgan fingerprint density at radius 1 is 1.12 bits per heavy atom. The summed E-state index contributed by atoms with van der Waals surface area (Å²) < 4.78 is 5.15. The first kappa shape index (κ1) is 15.5. The highest BCUT2D eigenvalue weighted by Crippen LogP contribution is 2.38. The Morgan fingerprint density at radius 3 is 2.80 bits per heavy atom. The minimum absolute atomic E-state index is 0.158. The number of aromatic hydroxyl groups is 1. The standard InChI is InChI=1S/C18H13BN2O4/c22-9-13-7-11-3-1-2-4-15(11)17(18(13)23)21-20-14-6-5-12-10-25-19(24)16(12)8-14/h1-9,23-24H,10H2. The Labute approximate surface area is 143 Å². The minimum Gasteiger partial charge on any atom is -0.505 e. The maximum atomic E-state index is 11.2. The maximum absolute atomic E-state index is 11.2. The van der Waals surface area contributed by atoms with Gasteiger partial charge in [0.2, 0.25) is 0 Å². The molecule has 0 aliphatic carbocycles. The molecule has 0 aromatic heterocycles. The Bertz CT molecular complexity index is 1020. The summed E-state index contributed by atoms with van der Waals surface area (Å²) in [5, 5.41) is 29.9. The number of benzene rings is 3. The fourth-order valence-electron chi connectivity index (χ4n) is 2.90. The molecule has 1 aliphatic rings. The minimum atomic E-state index is -0.960. The number of phenolic OH excluding ortho intramolecular Hbond substituents is 1. The lowest BCUT2D eigenvalue weighted by Gasteiger charge is -2.06. The van der Waals surface area contributed by atoms with Gasteiger partial charge < -0.3 is 14.8 Å². The van der Waals surface area contributed by atoms with Gasteiger partial charge in [0.05, 0.1) is 17.9 Å². The van der Waals surface area contributed by atoms with Gasteiger partial charge in [-0.05, 0) is 34.6 Å². The van der Waals surface area contributed by atoms with Gasteiger partial charge in [0.25, 0.3) is 0 Å². The van der Waals surface area contributed by atoms with Crippen molar-refractivity contribution < 1.29 is 19.6 Å². The van der Waals surface area contributed by atoms with Crippen LogP contribution in [0.5, 0.6) is 5.75 Å². The molecule has 0 radical (unpaired) electrons. The second-order valence-corrected chi connectivity index (χ2v) is 5.75. The van der Waals surface area contributed by atoms with Crippen molar-refractivity contribution in [3.05, 3.63) is 59.7 Å². The van der Waals surface area contributed by atoms with Crippen molar-refractivity contribution in [2.24, 2.45) is 10.2 Å². The lowest BCUT2D eigenvalue weighted by Crippen LogP contribution is -2.27. The third kappa shape index (κ3) is 2.69. The molecule has 4 rings (SSSR count). The van der Waals surface area contributed by atoms with Crippen LogP contribution >= 0.6 is 0 Å². The van der Waals surface area contributed by atoms with Crippen LogP contribution in [0, 0.1) is 0 Å². The smallest absolute Gasteiger partial charge is 0.491 e. The van der Waals surface area contributed by atoms with Gasteiger partial charge in [0, 0.05) is 5.39 Å². The molecular formula is C18H13BN2O4. The van der Waals surface area contributed by atoms with E-state index in [1.54, 1.807) is 24.3 Å². The molecule has 7 heteroatoms. The van der Waals surface area contributed by atoms with Crippen molar-refractivity contribution in [1.82, 2.24) is 0 Å². The first-order valence-corrected chi connectivity index (χ1v) is 7.71. The molecule has 0 unspecified atom stereocenters. The van der Waals surface area contributed by atoms with Gasteiger partial charge in [-0.2, -0.15) is 5.11 Å². The van der Waals surface area contributed by atoms with Crippen molar-refractivity contribution >= 4 is 41.0 Å². The number of aldehydes is 1. The van der Waals surface area contributed by atoms with E-state index in [9.17, 15) is 14.9 Å². The highest BCUT2D eigenvalue weighted by Gasteiger charge is 2.27. The van der Waals surface area contributed by atoms with Crippen molar-refractivity contribution in [2.75, 3.05) is 0 Å². The van der Waals surface area contributed by atoms with Gasteiger partial charge in [-0.15, -0.1) is 5.11 Å². The van der Waals surface area contributed by atoms with Gasteiger partial charge in [-0.3, -0.25) is 4.79 Å². The molecule has 0 fully saturated rings. The molecule has 2 N–H and O–H groups in total. The van der Waals surface area contributed by atoms with Crippen LogP contribution in [0.4, 0.5) is 11.4 Å². The molecule has 25 heavy (non-hydrogen) atoms. The lowest BCUT2D eigenvalue weighted by atomic mass is 9.79. The zero-order valence-corrected chi connectivity index (χ0v) is 13.1. The molecule has 3 aromatic carbocycles. The molecule has 0 bridgehead atoms. The summed E-state index contributed by atoms with van der Waals surface area (Å²) in [6, 6.07) is 14.2. The summed E-state index contributed by atoms with van der Waals surface area (Å²) >= 11 is 0. The average Bonchev–Trinajstić information content (AvgIpc) is 3.01. The second-order valence-electron chi connectivity index (χ2n) is 5.75. The van der Waals surface area contributed by atoms with E-state index in [-0.39, 0.29) is 17.0 Å². The van der Waals surface area contributed by atoms with Crippen molar-refractivity contribution in [3.63, 3.8) is 0 Å². The van der Waals surface area contributed by atoms with E-state index in [4.69, 9.17) is 4.65 Å². The number of carbonyl (C=O) groups is 1. The molecular weight excluding hydrogens is 319 g/mol. The molecule has 0 atom stereocenters. The second kappa shape index (κ2) is 6.12. The first-order valence-electron chi connectivity index (χ1n) is 7.71. The van der Waals surface area contributed by atoms with Crippen LogP contribution in [-0.2, 0) is 11.3 Å². The molecule has 0 spiro atoms. The van der Waals surface area contributed by atoms with Crippen molar-refractivity contribution in [3.8, 4) is 5.75 Å². The number of carbonyl (C=O) groups excluding carboxylic acids is 1. The van der Waals surface area contributed by atoms with Crippen LogP contribution in [0.1, 0.15) is 15.9 Å². The molecule has 0 saturated carbocycles. The Balaban J connectivity index is 1.80. The zero-order chi connectivity index (χ0) is 17.4. The lowest BCUT2D eigenvalue weighted by molar-refractivity contribution is 0.112. The van der Waals surface area contributed by atoms with Gasteiger partial charge in [-0.25, -0.2) is 0 Å². The van der Waals surface area contributed by atoms with Crippen LogP contribution < -0.4 is 5.46 Å². The monoisotopic (exact) mass is 332 g/mol. The summed E-state index contributed by atoms with van der Waals surface area (Å²) in [4.78, 5) is 11.2.